The number of aryl methyl sites for hydroxylation is 1. The van der Waals surface area contributed by atoms with Gasteiger partial charge in [-0.05, 0) is 65.9 Å². The van der Waals surface area contributed by atoms with Crippen molar-refractivity contribution in [2.45, 2.75) is 6.92 Å². The summed E-state index contributed by atoms with van der Waals surface area (Å²) >= 11 is 2.22. The lowest BCUT2D eigenvalue weighted by Gasteiger charge is -2.10. The monoisotopic (exact) mass is 380 g/mol. The first-order valence-electron chi connectivity index (χ1n) is 6.00. The molecule has 0 aromatic heterocycles. The average molecular weight is 380 g/mol. The number of ether oxygens (including phenoxy) is 1. The normalized spacial score (nSPS) is 10.7. The minimum atomic E-state index is -0.980. The van der Waals surface area contributed by atoms with E-state index in [1.807, 2.05) is 49.4 Å². The Hall–Kier alpha value is -1.82. The number of benzene rings is 2. The van der Waals surface area contributed by atoms with E-state index in [4.69, 9.17) is 9.84 Å². The molecule has 20 heavy (non-hydrogen) atoms. The van der Waals surface area contributed by atoms with Gasteiger partial charge in [-0.2, -0.15) is 0 Å². The molecule has 0 bridgehead atoms. The molecule has 0 unspecified atom stereocenters. The number of carboxylic acid groups (broad SMARTS) is 1. The Morgan fingerprint density at radius 1 is 1.25 bits per heavy atom. The fourth-order valence-corrected chi connectivity index (χ4v) is 2.22. The summed E-state index contributed by atoms with van der Waals surface area (Å²) in [6.07, 6.45) is 2.65. The topological polar surface area (TPSA) is 46.5 Å². The van der Waals surface area contributed by atoms with Crippen molar-refractivity contribution >= 4 is 34.6 Å². The van der Waals surface area contributed by atoms with Crippen molar-refractivity contribution in [3.05, 3.63) is 63.2 Å². The van der Waals surface area contributed by atoms with Gasteiger partial charge in [-0.25, -0.2) is 4.79 Å². The largest absolute Gasteiger partial charge is 0.478 e. The average Bonchev–Trinajstić information content (AvgIpc) is 2.39. The van der Waals surface area contributed by atoms with E-state index in [9.17, 15) is 4.79 Å². The van der Waals surface area contributed by atoms with Gasteiger partial charge in [-0.1, -0.05) is 17.7 Å². The van der Waals surface area contributed by atoms with Gasteiger partial charge in [0.1, 0.15) is 11.5 Å². The predicted octanol–water partition coefficient (Wildman–Crippen LogP) is 4.49. The van der Waals surface area contributed by atoms with Gasteiger partial charge in [0.05, 0.1) is 0 Å². The van der Waals surface area contributed by atoms with Crippen LogP contribution < -0.4 is 4.74 Å². The SMILES string of the molecule is Cc1ccc(Oc2cccc(I)c2)c(/C=C/C(=O)O)c1. The molecule has 2 aromatic carbocycles. The van der Waals surface area contributed by atoms with Crippen LogP contribution in [0.1, 0.15) is 11.1 Å². The van der Waals surface area contributed by atoms with Crippen molar-refractivity contribution in [2.24, 2.45) is 0 Å². The number of carboxylic acids is 1. The van der Waals surface area contributed by atoms with E-state index in [1.54, 1.807) is 6.08 Å². The second kappa shape index (κ2) is 6.56. The minimum Gasteiger partial charge on any atom is -0.478 e. The summed E-state index contributed by atoms with van der Waals surface area (Å²) in [5, 5.41) is 8.73. The van der Waals surface area contributed by atoms with Crippen LogP contribution >= 0.6 is 22.6 Å². The summed E-state index contributed by atoms with van der Waals surface area (Å²) in [6.45, 7) is 1.95. The minimum absolute atomic E-state index is 0.634. The fourth-order valence-electron chi connectivity index (χ4n) is 1.71. The van der Waals surface area contributed by atoms with Crippen molar-refractivity contribution in [1.29, 1.82) is 0 Å². The summed E-state index contributed by atoms with van der Waals surface area (Å²) in [4.78, 5) is 10.6. The molecule has 0 saturated carbocycles. The summed E-state index contributed by atoms with van der Waals surface area (Å²) in [6, 6.07) is 13.4. The third-order valence-electron chi connectivity index (χ3n) is 2.59. The zero-order valence-corrected chi connectivity index (χ0v) is 13.0. The number of hydrogen-bond acceptors (Lipinski definition) is 2. The smallest absolute Gasteiger partial charge is 0.328 e. The van der Waals surface area contributed by atoms with Crippen molar-refractivity contribution in [1.82, 2.24) is 0 Å². The van der Waals surface area contributed by atoms with E-state index in [-0.39, 0.29) is 0 Å². The van der Waals surface area contributed by atoms with Gasteiger partial charge in [-0.3, -0.25) is 0 Å². The Morgan fingerprint density at radius 3 is 2.75 bits per heavy atom. The molecule has 0 spiro atoms. The maximum Gasteiger partial charge on any atom is 0.328 e. The molecule has 3 nitrogen and oxygen atoms in total. The second-order valence-corrected chi connectivity index (χ2v) is 5.52. The van der Waals surface area contributed by atoms with E-state index in [2.05, 4.69) is 22.6 Å². The molecule has 0 heterocycles. The van der Waals surface area contributed by atoms with Crippen molar-refractivity contribution in [3.8, 4) is 11.5 Å². The summed E-state index contributed by atoms with van der Waals surface area (Å²) < 4.78 is 6.91. The molecule has 1 N–H and O–H groups in total. The second-order valence-electron chi connectivity index (χ2n) is 4.27. The third-order valence-corrected chi connectivity index (χ3v) is 3.27. The van der Waals surface area contributed by atoms with E-state index in [0.717, 1.165) is 26.5 Å². The van der Waals surface area contributed by atoms with Gasteiger partial charge in [0.25, 0.3) is 0 Å². The number of carbonyl (C=O) groups is 1. The highest BCUT2D eigenvalue weighted by Gasteiger charge is 2.04. The van der Waals surface area contributed by atoms with Gasteiger partial charge in [-0.15, -0.1) is 0 Å². The molecule has 0 aliphatic rings. The molecular weight excluding hydrogens is 367 g/mol. The molecule has 0 saturated heterocycles. The van der Waals surface area contributed by atoms with Crippen LogP contribution in [-0.4, -0.2) is 11.1 Å². The number of aliphatic carboxylic acids is 1. The lowest BCUT2D eigenvalue weighted by Crippen LogP contribution is -1.91. The van der Waals surface area contributed by atoms with Gasteiger partial charge in [0, 0.05) is 15.2 Å². The zero-order chi connectivity index (χ0) is 14.5. The van der Waals surface area contributed by atoms with Crippen molar-refractivity contribution in [3.63, 3.8) is 0 Å². The van der Waals surface area contributed by atoms with Gasteiger partial charge in [0.2, 0.25) is 0 Å². The van der Waals surface area contributed by atoms with Crippen molar-refractivity contribution < 1.29 is 14.6 Å². The summed E-state index contributed by atoms with van der Waals surface area (Å²) in [5.41, 5.74) is 1.79. The predicted molar refractivity (Wildman–Crippen MR) is 87.1 cm³/mol. The van der Waals surface area contributed by atoms with E-state index < -0.39 is 5.97 Å². The van der Waals surface area contributed by atoms with Crippen LogP contribution in [0.15, 0.2) is 48.5 Å². The van der Waals surface area contributed by atoms with Crippen LogP contribution in [0.2, 0.25) is 0 Å². The van der Waals surface area contributed by atoms with Crippen LogP contribution in [0.3, 0.4) is 0 Å². The standard InChI is InChI=1S/C16H13IO3/c1-11-5-7-15(12(9-11)6-8-16(18)19)20-14-4-2-3-13(17)10-14/h2-10H,1H3,(H,18,19)/b8-6+. The summed E-state index contributed by atoms with van der Waals surface area (Å²) in [5.74, 6) is 0.382. The molecule has 0 atom stereocenters. The highest BCUT2D eigenvalue weighted by molar-refractivity contribution is 14.1. The molecule has 0 aliphatic carbocycles. The fraction of sp³-hybridized carbons (Fsp3) is 0.0625. The maximum absolute atomic E-state index is 10.6. The third kappa shape index (κ3) is 4.09. The van der Waals surface area contributed by atoms with E-state index in [1.165, 1.54) is 0 Å². The molecule has 0 amide bonds. The number of hydrogen-bond donors (Lipinski definition) is 1. The lowest BCUT2D eigenvalue weighted by molar-refractivity contribution is -0.131. The number of halogens is 1. The van der Waals surface area contributed by atoms with Crippen LogP contribution in [0.4, 0.5) is 0 Å². The van der Waals surface area contributed by atoms with Crippen LogP contribution in [0.25, 0.3) is 6.08 Å². The summed E-state index contributed by atoms with van der Waals surface area (Å²) in [7, 11) is 0. The maximum atomic E-state index is 10.6. The molecule has 0 fully saturated rings. The van der Waals surface area contributed by atoms with Gasteiger partial charge < -0.3 is 9.84 Å². The molecule has 4 heteroatoms. The molecule has 2 rings (SSSR count). The van der Waals surface area contributed by atoms with E-state index in [0.29, 0.717) is 5.75 Å². The number of rotatable bonds is 4. The lowest BCUT2D eigenvalue weighted by atomic mass is 10.1. The Bertz CT molecular complexity index is 663. The van der Waals surface area contributed by atoms with Gasteiger partial charge in [0.15, 0.2) is 0 Å². The zero-order valence-electron chi connectivity index (χ0n) is 10.8. The first-order valence-corrected chi connectivity index (χ1v) is 7.07. The highest BCUT2D eigenvalue weighted by Crippen LogP contribution is 2.28. The van der Waals surface area contributed by atoms with Crippen LogP contribution in [0.5, 0.6) is 11.5 Å². The molecule has 2 aromatic rings. The van der Waals surface area contributed by atoms with Crippen LogP contribution in [-0.2, 0) is 4.79 Å². The first-order chi connectivity index (χ1) is 9.54. The molecular formula is C16H13IO3. The Balaban J connectivity index is 2.33. The Kier molecular flexibility index (Phi) is 4.79. The van der Waals surface area contributed by atoms with Gasteiger partial charge >= 0.3 is 5.97 Å². The van der Waals surface area contributed by atoms with Crippen LogP contribution in [0, 0.1) is 10.5 Å². The van der Waals surface area contributed by atoms with Crippen molar-refractivity contribution in [2.75, 3.05) is 0 Å². The highest BCUT2D eigenvalue weighted by atomic mass is 127. The quantitative estimate of drug-likeness (QED) is 0.628. The first kappa shape index (κ1) is 14.6. The molecule has 102 valence electrons. The molecule has 0 radical (unpaired) electrons. The molecule has 0 aliphatic heterocycles. The Morgan fingerprint density at radius 2 is 2.05 bits per heavy atom. The Labute approximate surface area is 131 Å². The van der Waals surface area contributed by atoms with E-state index >= 15 is 0 Å².